The summed E-state index contributed by atoms with van der Waals surface area (Å²) in [4.78, 5) is 11.5. The summed E-state index contributed by atoms with van der Waals surface area (Å²) in [6.45, 7) is 4.45. The van der Waals surface area contributed by atoms with Crippen LogP contribution in [-0.4, -0.2) is 23.8 Å². The van der Waals surface area contributed by atoms with Crippen LogP contribution in [-0.2, 0) is 9.53 Å². The van der Waals surface area contributed by atoms with Crippen molar-refractivity contribution in [3.63, 3.8) is 0 Å². The molecule has 0 radical (unpaired) electrons. The third-order valence-corrected chi connectivity index (χ3v) is 8.23. The molecule has 3 nitrogen and oxygen atoms in total. The van der Waals surface area contributed by atoms with Gasteiger partial charge in [0.15, 0.2) is 0 Å². The van der Waals surface area contributed by atoms with Gasteiger partial charge in [-0.2, -0.15) is 0 Å². The number of carbonyl (C=O) groups excluding carboxylic acids is 1. The zero-order valence-corrected chi connectivity index (χ0v) is 15.2. The van der Waals surface area contributed by atoms with Gasteiger partial charge in [-0.3, -0.25) is 4.79 Å². The first-order chi connectivity index (χ1) is 11.5. The van der Waals surface area contributed by atoms with Crippen LogP contribution in [0.2, 0.25) is 0 Å². The van der Waals surface area contributed by atoms with Gasteiger partial charge in [-0.1, -0.05) is 18.6 Å². The molecule has 1 N–H and O–H groups in total. The molecule has 24 heavy (non-hydrogen) atoms. The number of hydrogen-bond donors (Lipinski definition) is 1. The fourth-order valence-electron chi connectivity index (χ4n) is 7.01. The Morgan fingerprint density at radius 3 is 2.88 bits per heavy atom. The molecule has 4 aliphatic rings. The smallest absolute Gasteiger partial charge is 0.302 e. The van der Waals surface area contributed by atoms with Crippen LogP contribution in [0.25, 0.3) is 0 Å². The van der Waals surface area contributed by atoms with Crippen molar-refractivity contribution in [3.8, 4) is 0 Å². The first kappa shape index (κ1) is 16.6. The first-order valence-corrected chi connectivity index (χ1v) is 9.98. The first-order valence-electron chi connectivity index (χ1n) is 9.98. The van der Waals surface area contributed by atoms with E-state index in [4.69, 9.17) is 4.74 Å². The summed E-state index contributed by atoms with van der Waals surface area (Å²) >= 11 is 0. The van der Waals surface area contributed by atoms with Crippen molar-refractivity contribution in [2.75, 3.05) is 6.61 Å². The van der Waals surface area contributed by atoms with Crippen LogP contribution in [0.1, 0.15) is 71.6 Å². The molecular formula is C21H32O3. The number of allylic oxidation sites excluding steroid dienone is 1. The van der Waals surface area contributed by atoms with Crippen LogP contribution in [0.4, 0.5) is 0 Å². The number of hydrogen-bond acceptors (Lipinski definition) is 3. The Kier molecular flexibility index (Phi) is 4.06. The fraction of sp³-hybridized carbons (Fsp3) is 0.857. The molecule has 0 saturated heterocycles. The van der Waals surface area contributed by atoms with E-state index in [0.29, 0.717) is 24.4 Å². The minimum absolute atomic E-state index is 0.0989. The number of ether oxygens (including phenoxy) is 1. The minimum Gasteiger partial charge on any atom is -0.465 e. The summed E-state index contributed by atoms with van der Waals surface area (Å²) in [5.74, 6) is 1.85. The van der Waals surface area contributed by atoms with Crippen molar-refractivity contribution in [3.05, 3.63) is 11.6 Å². The van der Waals surface area contributed by atoms with Crippen molar-refractivity contribution >= 4 is 5.97 Å². The lowest BCUT2D eigenvalue weighted by molar-refractivity contribution is -0.150. The molecule has 4 rings (SSSR count). The normalized spacial score (nSPS) is 47.2. The van der Waals surface area contributed by atoms with Gasteiger partial charge in [-0.15, -0.1) is 0 Å². The molecule has 0 bridgehead atoms. The summed E-state index contributed by atoms with van der Waals surface area (Å²) in [7, 11) is 0. The fourth-order valence-corrected chi connectivity index (χ4v) is 7.01. The quantitative estimate of drug-likeness (QED) is 0.607. The molecule has 0 aliphatic heterocycles. The van der Waals surface area contributed by atoms with Crippen LogP contribution in [0.5, 0.6) is 0 Å². The molecule has 0 spiro atoms. The van der Waals surface area contributed by atoms with Gasteiger partial charge in [0, 0.05) is 12.3 Å². The Balaban J connectivity index is 1.67. The Morgan fingerprint density at radius 2 is 2.08 bits per heavy atom. The largest absolute Gasteiger partial charge is 0.465 e. The lowest BCUT2D eigenvalue weighted by atomic mass is 9.47. The van der Waals surface area contributed by atoms with E-state index in [1.807, 2.05) is 0 Å². The van der Waals surface area contributed by atoms with E-state index < -0.39 is 0 Å². The summed E-state index contributed by atoms with van der Waals surface area (Å²) in [5.41, 5.74) is 1.81. The van der Waals surface area contributed by atoms with Gasteiger partial charge in [0.05, 0.1) is 6.10 Å². The van der Waals surface area contributed by atoms with Gasteiger partial charge in [-0.25, -0.2) is 0 Å². The third kappa shape index (κ3) is 2.30. The SMILES string of the molecule is CC(=O)OC[C@]12CCCC=C1CC[C@@H]1[C@@H]2CC[C@]2(C)[C@@H](O)CC[C@@H]12. The molecule has 134 valence electrons. The molecule has 0 amide bonds. The predicted octanol–water partition coefficient (Wildman–Crippen LogP) is 4.24. The van der Waals surface area contributed by atoms with E-state index in [0.717, 1.165) is 12.8 Å². The average molecular weight is 332 g/mol. The van der Waals surface area contributed by atoms with Gasteiger partial charge in [0.25, 0.3) is 0 Å². The molecule has 6 atom stereocenters. The highest BCUT2D eigenvalue weighted by Gasteiger charge is 2.59. The summed E-state index contributed by atoms with van der Waals surface area (Å²) in [6, 6.07) is 0. The lowest BCUT2D eigenvalue weighted by Gasteiger charge is -2.58. The van der Waals surface area contributed by atoms with Crippen molar-refractivity contribution in [1.82, 2.24) is 0 Å². The van der Waals surface area contributed by atoms with E-state index >= 15 is 0 Å². The molecule has 3 heteroatoms. The second-order valence-corrected chi connectivity index (χ2v) is 9.11. The van der Waals surface area contributed by atoms with Gasteiger partial charge in [-0.05, 0) is 81.0 Å². The highest BCUT2D eigenvalue weighted by molar-refractivity contribution is 5.66. The summed E-state index contributed by atoms with van der Waals surface area (Å²) < 4.78 is 5.62. The molecule has 0 heterocycles. The lowest BCUT2D eigenvalue weighted by Crippen LogP contribution is -2.53. The predicted molar refractivity (Wildman–Crippen MR) is 93.3 cm³/mol. The average Bonchev–Trinajstić information content (AvgIpc) is 2.88. The van der Waals surface area contributed by atoms with Crippen molar-refractivity contribution < 1.29 is 14.6 Å². The number of rotatable bonds is 2. The molecular weight excluding hydrogens is 300 g/mol. The summed E-state index contributed by atoms with van der Waals surface area (Å²) in [5, 5.41) is 10.6. The summed E-state index contributed by atoms with van der Waals surface area (Å²) in [6.07, 6.45) is 12.9. The molecule has 0 unspecified atom stereocenters. The number of aliphatic hydroxyl groups excluding tert-OH is 1. The van der Waals surface area contributed by atoms with Crippen molar-refractivity contribution in [2.24, 2.45) is 28.6 Å². The molecule has 0 aromatic heterocycles. The molecule has 4 aliphatic carbocycles. The number of aliphatic hydroxyl groups is 1. The molecule has 0 aromatic carbocycles. The van der Waals surface area contributed by atoms with Crippen LogP contribution in [0.3, 0.4) is 0 Å². The van der Waals surface area contributed by atoms with E-state index in [2.05, 4.69) is 13.0 Å². The van der Waals surface area contributed by atoms with Crippen LogP contribution in [0.15, 0.2) is 11.6 Å². The zero-order valence-electron chi connectivity index (χ0n) is 15.2. The second kappa shape index (κ2) is 5.86. The monoisotopic (exact) mass is 332 g/mol. The number of esters is 1. The van der Waals surface area contributed by atoms with Crippen LogP contribution in [0, 0.1) is 28.6 Å². The van der Waals surface area contributed by atoms with E-state index in [9.17, 15) is 9.90 Å². The Hall–Kier alpha value is -0.830. The van der Waals surface area contributed by atoms with Gasteiger partial charge < -0.3 is 9.84 Å². The molecule has 0 aromatic rings. The van der Waals surface area contributed by atoms with E-state index in [-0.39, 0.29) is 22.9 Å². The van der Waals surface area contributed by atoms with Crippen LogP contribution >= 0.6 is 0 Å². The highest BCUT2D eigenvalue weighted by atomic mass is 16.5. The Morgan fingerprint density at radius 1 is 1.25 bits per heavy atom. The van der Waals surface area contributed by atoms with Gasteiger partial charge in [0.1, 0.15) is 6.61 Å². The Bertz CT molecular complexity index is 553. The van der Waals surface area contributed by atoms with Crippen molar-refractivity contribution in [1.29, 1.82) is 0 Å². The molecule has 3 saturated carbocycles. The second-order valence-electron chi connectivity index (χ2n) is 9.11. The maximum absolute atomic E-state index is 11.5. The standard InChI is InChI=1S/C21H32O3/c1-14(22)24-13-21-11-4-3-5-15(21)6-7-16-17-8-9-19(23)20(17,2)12-10-18(16)21/h5,16-19,23H,3-4,6-13H2,1-2H3/t16-,17-,18-,19-,20-,21+/m0/s1. The maximum atomic E-state index is 11.5. The van der Waals surface area contributed by atoms with Gasteiger partial charge in [0.2, 0.25) is 0 Å². The van der Waals surface area contributed by atoms with Gasteiger partial charge >= 0.3 is 5.97 Å². The minimum atomic E-state index is -0.145. The van der Waals surface area contributed by atoms with Crippen LogP contribution < -0.4 is 0 Å². The Labute approximate surface area is 145 Å². The number of fused-ring (bicyclic) bond motifs is 5. The molecule has 3 fully saturated rings. The number of carbonyl (C=O) groups is 1. The zero-order chi connectivity index (χ0) is 16.9. The van der Waals surface area contributed by atoms with E-state index in [1.165, 1.54) is 51.9 Å². The topological polar surface area (TPSA) is 46.5 Å². The van der Waals surface area contributed by atoms with E-state index in [1.54, 1.807) is 5.57 Å². The highest BCUT2D eigenvalue weighted by Crippen LogP contribution is 2.65. The third-order valence-electron chi connectivity index (χ3n) is 8.23. The maximum Gasteiger partial charge on any atom is 0.302 e. The van der Waals surface area contributed by atoms with Crippen molar-refractivity contribution in [2.45, 2.75) is 77.7 Å².